The molecule has 0 heterocycles. The monoisotopic (exact) mass is 420 g/mol. The van der Waals surface area contributed by atoms with E-state index in [-0.39, 0.29) is 0 Å². The maximum Gasteiger partial charge on any atom is 0.0574 e. The second kappa shape index (κ2) is 6.11. The van der Waals surface area contributed by atoms with E-state index in [4.69, 9.17) is 0 Å². The molecule has 0 aliphatic carbocycles. The Morgan fingerprint density at radius 1 is 1.00 bits per heavy atom. The molecule has 1 atom stereocenters. The van der Waals surface area contributed by atoms with E-state index in [2.05, 4.69) is 38.5 Å². The van der Waals surface area contributed by atoms with Crippen molar-refractivity contribution in [2.24, 2.45) is 0 Å². The molecule has 2 aromatic rings. The first-order valence-electron chi connectivity index (χ1n) is 5.03. The van der Waals surface area contributed by atoms with Crippen LogP contribution in [0.1, 0.15) is 5.56 Å². The number of rotatable bonds is 3. The van der Waals surface area contributed by atoms with Crippen LogP contribution in [0.25, 0.3) is 0 Å². The van der Waals surface area contributed by atoms with E-state index >= 15 is 0 Å². The molecule has 2 aromatic carbocycles. The molecule has 0 aliphatic rings. The van der Waals surface area contributed by atoms with Gasteiger partial charge in [0, 0.05) is 12.9 Å². The third kappa shape index (κ3) is 3.89. The molecule has 0 N–H and O–H groups in total. The molecule has 17 heavy (non-hydrogen) atoms. The van der Waals surface area contributed by atoms with Gasteiger partial charge in [0.1, 0.15) is 0 Å². The van der Waals surface area contributed by atoms with E-state index in [1.54, 1.807) is 0 Å². The van der Waals surface area contributed by atoms with Crippen LogP contribution in [0.15, 0.2) is 57.9 Å². The summed E-state index contributed by atoms with van der Waals surface area (Å²) in [7, 11) is -0.973. The van der Waals surface area contributed by atoms with Crippen LogP contribution < -0.4 is 0 Å². The number of hydrogen-bond donors (Lipinski definition) is 0. The molecule has 2 rings (SSSR count). The normalized spacial score (nSPS) is 12.4. The van der Waals surface area contributed by atoms with Gasteiger partial charge in [-0.3, -0.25) is 4.21 Å². The van der Waals surface area contributed by atoms with Gasteiger partial charge in [0.25, 0.3) is 0 Å². The molecule has 0 bridgehead atoms. The Kier molecular flexibility index (Phi) is 4.76. The average molecular weight is 421 g/mol. The summed E-state index contributed by atoms with van der Waals surface area (Å²) in [5.74, 6) is 0.568. The maximum atomic E-state index is 12.1. The second-order valence-corrected chi connectivity index (χ2v) is 7.18. The largest absolute Gasteiger partial charge is 0.254 e. The van der Waals surface area contributed by atoms with Crippen molar-refractivity contribution in [3.05, 3.63) is 62.1 Å². The van der Waals surface area contributed by atoms with E-state index in [1.165, 1.54) is 3.57 Å². The summed E-state index contributed by atoms with van der Waals surface area (Å²) in [5.41, 5.74) is 1.10. The molecular weight excluding hydrogens is 411 g/mol. The van der Waals surface area contributed by atoms with Crippen molar-refractivity contribution in [2.45, 2.75) is 10.6 Å². The fourth-order valence-electron chi connectivity index (χ4n) is 1.40. The van der Waals surface area contributed by atoms with E-state index < -0.39 is 10.8 Å². The number of benzene rings is 2. The molecule has 88 valence electrons. The molecule has 1 nitrogen and oxygen atoms in total. The molecule has 1 unspecified atom stereocenters. The van der Waals surface area contributed by atoms with E-state index in [0.29, 0.717) is 5.75 Å². The Morgan fingerprint density at radius 3 is 2.18 bits per heavy atom. The highest BCUT2D eigenvalue weighted by Gasteiger charge is 2.04. The minimum atomic E-state index is -0.973. The smallest absolute Gasteiger partial charge is 0.0574 e. The van der Waals surface area contributed by atoms with Crippen LogP contribution in [0, 0.1) is 3.57 Å². The second-order valence-electron chi connectivity index (χ2n) is 3.57. The van der Waals surface area contributed by atoms with Crippen LogP contribution in [0.3, 0.4) is 0 Å². The summed E-state index contributed by atoms with van der Waals surface area (Å²) in [6.07, 6.45) is 0. The lowest BCUT2D eigenvalue weighted by atomic mass is 10.2. The molecule has 0 saturated heterocycles. The Labute approximate surface area is 125 Å². The van der Waals surface area contributed by atoms with Crippen LogP contribution in [0.2, 0.25) is 0 Å². The zero-order valence-corrected chi connectivity index (χ0v) is 13.5. The van der Waals surface area contributed by atoms with Gasteiger partial charge in [-0.25, -0.2) is 0 Å². The molecule has 0 aliphatic heterocycles. The highest BCUT2D eigenvalue weighted by atomic mass is 127. The number of hydrogen-bond acceptors (Lipinski definition) is 1. The van der Waals surface area contributed by atoms with Gasteiger partial charge in [0.15, 0.2) is 0 Å². The Hall–Kier alpha value is -0.200. The lowest BCUT2D eigenvalue weighted by Crippen LogP contribution is -1.96. The first kappa shape index (κ1) is 13.2. The van der Waals surface area contributed by atoms with Crippen molar-refractivity contribution < 1.29 is 4.21 Å². The van der Waals surface area contributed by atoms with Gasteiger partial charge in [-0.2, -0.15) is 0 Å². The van der Waals surface area contributed by atoms with Gasteiger partial charge in [-0.1, -0.05) is 28.1 Å². The summed E-state index contributed by atoms with van der Waals surface area (Å²) in [5, 5.41) is 0. The van der Waals surface area contributed by atoms with Crippen LogP contribution in [0.4, 0.5) is 0 Å². The minimum absolute atomic E-state index is 0.568. The SMILES string of the molecule is O=S(Cc1ccc(I)cc1)c1ccc(Br)cc1. The van der Waals surface area contributed by atoms with Crippen LogP contribution in [0.5, 0.6) is 0 Å². The van der Waals surface area contributed by atoms with Gasteiger partial charge in [0.2, 0.25) is 0 Å². The van der Waals surface area contributed by atoms with E-state index in [1.807, 2.05) is 48.5 Å². The fourth-order valence-corrected chi connectivity index (χ4v) is 3.13. The van der Waals surface area contributed by atoms with Crippen LogP contribution in [-0.4, -0.2) is 4.21 Å². The first-order valence-corrected chi connectivity index (χ1v) is 8.22. The van der Waals surface area contributed by atoms with Gasteiger partial charge in [-0.05, 0) is 64.6 Å². The molecular formula is C13H10BrIOS. The Morgan fingerprint density at radius 2 is 1.59 bits per heavy atom. The van der Waals surface area contributed by atoms with Gasteiger partial charge < -0.3 is 0 Å². The highest BCUT2D eigenvalue weighted by Crippen LogP contribution is 2.16. The van der Waals surface area contributed by atoms with Gasteiger partial charge in [-0.15, -0.1) is 0 Å². The molecule has 0 amide bonds. The van der Waals surface area contributed by atoms with Gasteiger partial charge >= 0.3 is 0 Å². The predicted molar refractivity (Wildman–Crippen MR) is 83.4 cm³/mol. The number of halogens is 2. The molecule has 4 heteroatoms. The van der Waals surface area contributed by atoms with E-state index in [0.717, 1.165) is 14.9 Å². The molecule has 0 spiro atoms. The van der Waals surface area contributed by atoms with Crippen molar-refractivity contribution in [2.75, 3.05) is 0 Å². The molecule has 0 radical (unpaired) electrons. The molecule has 0 fully saturated rings. The summed E-state index contributed by atoms with van der Waals surface area (Å²) in [6.45, 7) is 0. The highest BCUT2D eigenvalue weighted by molar-refractivity contribution is 14.1. The van der Waals surface area contributed by atoms with Crippen molar-refractivity contribution in [3.63, 3.8) is 0 Å². The third-order valence-corrected chi connectivity index (χ3v) is 4.93. The molecule has 0 aromatic heterocycles. The lowest BCUT2D eigenvalue weighted by Gasteiger charge is -2.03. The van der Waals surface area contributed by atoms with Crippen molar-refractivity contribution in [3.8, 4) is 0 Å². The minimum Gasteiger partial charge on any atom is -0.254 e. The Bertz CT molecular complexity index is 522. The van der Waals surface area contributed by atoms with Gasteiger partial charge in [0.05, 0.1) is 16.6 Å². The predicted octanol–water partition coefficient (Wildman–Crippen LogP) is 4.36. The van der Waals surface area contributed by atoms with Crippen LogP contribution in [-0.2, 0) is 16.6 Å². The van der Waals surface area contributed by atoms with Crippen LogP contribution >= 0.6 is 38.5 Å². The van der Waals surface area contributed by atoms with Crippen molar-refractivity contribution in [1.29, 1.82) is 0 Å². The lowest BCUT2D eigenvalue weighted by molar-refractivity contribution is 0.682. The average Bonchev–Trinajstić information content (AvgIpc) is 2.33. The fraction of sp³-hybridized carbons (Fsp3) is 0.0769. The Balaban J connectivity index is 2.11. The third-order valence-electron chi connectivity index (χ3n) is 2.29. The standard InChI is InChI=1S/C13H10BrIOS/c14-11-3-7-13(8-4-11)17(16)9-10-1-5-12(15)6-2-10/h1-8H,9H2. The van der Waals surface area contributed by atoms with Crippen molar-refractivity contribution in [1.82, 2.24) is 0 Å². The van der Waals surface area contributed by atoms with E-state index in [9.17, 15) is 4.21 Å². The summed E-state index contributed by atoms with van der Waals surface area (Å²) in [6, 6.07) is 15.8. The summed E-state index contributed by atoms with van der Waals surface area (Å²) < 4.78 is 14.3. The van der Waals surface area contributed by atoms with Crippen molar-refractivity contribution >= 4 is 49.3 Å². The summed E-state index contributed by atoms with van der Waals surface area (Å²) in [4.78, 5) is 0.867. The maximum absolute atomic E-state index is 12.1. The zero-order valence-electron chi connectivity index (χ0n) is 8.90. The molecule has 0 saturated carbocycles. The topological polar surface area (TPSA) is 17.1 Å². The zero-order chi connectivity index (χ0) is 12.3. The summed E-state index contributed by atoms with van der Waals surface area (Å²) >= 11 is 5.63. The quantitative estimate of drug-likeness (QED) is 0.674. The first-order chi connectivity index (χ1) is 8.15.